The zero-order valence-electron chi connectivity index (χ0n) is 10.4. The summed E-state index contributed by atoms with van der Waals surface area (Å²) in [6.45, 7) is 6.34. The lowest BCUT2D eigenvalue weighted by atomic mass is 9.91. The summed E-state index contributed by atoms with van der Waals surface area (Å²) in [5.74, 6) is 1.07. The lowest BCUT2D eigenvalue weighted by Gasteiger charge is -2.23. The summed E-state index contributed by atoms with van der Waals surface area (Å²) in [5, 5.41) is 6.79. The zero-order chi connectivity index (χ0) is 11.7. The van der Waals surface area contributed by atoms with Crippen molar-refractivity contribution in [2.75, 3.05) is 31.6 Å². The lowest BCUT2D eigenvalue weighted by molar-refractivity contribution is 0.179. The van der Waals surface area contributed by atoms with Gasteiger partial charge in [-0.05, 0) is 31.5 Å². The number of fused-ring (bicyclic) bond motifs is 1. The van der Waals surface area contributed by atoms with Crippen molar-refractivity contribution in [3.05, 3.63) is 23.8 Å². The van der Waals surface area contributed by atoms with Gasteiger partial charge < -0.3 is 15.4 Å². The van der Waals surface area contributed by atoms with Gasteiger partial charge in [0.1, 0.15) is 5.75 Å². The Hall–Kier alpha value is -1.22. The van der Waals surface area contributed by atoms with Gasteiger partial charge in [0, 0.05) is 29.8 Å². The fourth-order valence-electron chi connectivity index (χ4n) is 2.69. The van der Waals surface area contributed by atoms with Crippen LogP contribution in [0.1, 0.15) is 18.9 Å². The third kappa shape index (κ3) is 2.12. The van der Waals surface area contributed by atoms with Crippen molar-refractivity contribution in [2.24, 2.45) is 5.41 Å². The average Bonchev–Trinajstić information content (AvgIpc) is 2.95. The molecule has 3 nitrogen and oxygen atoms in total. The van der Waals surface area contributed by atoms with E-state index in [1.54, 1.807) is 0 Å². The van der Waals surface area contributed by atoms with Gasteiger partial charge in [-0.3, -0.25) is 0 Å². The molecule has 1 atom stereocenters. The predicted octanol–water partition coefficient (Wildman–Crippen LogP) is 2.03. The molecule has 0 aliphatic carbocycles. The normalized spacial score (nSPS) is 26.6. The Bertz CT molecular complexity index is 411. The van der Waals surface area contributed by atoms with Crippen LogP contribution < -0.4 is 15.4 Å². The minimum absolute atomic E-state index is 0.300. The third-order valence-electron chi connectivity index (χ3n) is 3.86. The van der Waals surface area contributed by atoms with E-state index in [1.807, 2.05) is 0 Å². The Labute approximate surface area is 103 Å². The van der Waals surface area contributed by atoms with E-state index >= 15 is 0 Å². The Morgan fingerprint density at radius 2 is 2.29 bits per heavy atom. The molecule has 1 unspecified atom stereocenters. The highest BCUT2D eigenvalue weighted by molar-refractivity contribution is 5.61. The van der Waals surface area contributed by atoms with Crippen molar-refractivity contribution in [2.45, 2.75) is 19.8 Å². The molecule has 17 heavy (non-hydrogen) atoms. The molecule has 1 fully saturated rings. The van der Waals surface area contributed by atoms with Crippen molar-refractivity contribution in [3.63, 3.8) is 0 Å². The molecule has 1 aromatic rings. The monoisotopic (exact) mass is 232 g/mol. The van der Waals surface area contributed by atoms with Crippen molar-refractivity contribution >= 4 is 5.69 Å². The summed E-state index contributed by atoms with van der Waals surface area (Å²) in [6.07, 6.45) is 2.29. The van der Waals surface area contributed by atoms with Crippen LogP contribution >= 0.6 is 0 Å². The Kier molecular flexibility index (Phi) is 2.71. The highest BCUT2D eigenvalue weighted by Gasteiger charge is 2.29. The second kappa shape index (κ2) is 4.22. The molecule has 3 heteroatoms. The maximum Gasteiger partial charge on any atom is 0.124 e. The third-order valence-corrected chi connectivity index (χ3v) is 3.86. The topological polar surface area (TPSA) is 33.3 Å². The fourth-order valence-corrected chi connectivity index (χ4v) is 2.69. The van der Waals surface area contributed by atoms with Crippen LogP contribution in [0.3, 0.4) is 0 Å². The van der Waals surface area contributed by atoms with E-state index in [0.717, 1.165) is 38.4 Å². The summed E-state index contributed by atoms with van der Waals surface area (Å²) in [4.78, 5) is 0. The molecule has 1 aromatic carbocycles. The number of rotatable bonds is 3. The SMILES string of the molecule is CC1(COc2cccc3c2CCN3)CCNC1. The summed E-state index contributed by atoms with van der Waals surface area (Å²) in [6, 6.07) is 6.30. The van der Waals surface area contributed by atoms with Crippen LogP contribution in [0.4, 0.5) is 5.69 Å². The zero-order valence-corrected chi connectivity index (χ0v) is 10.4. The van der Waals surface area contributed by atoms with Gasteiger partial charge in [-0.15, -0.1) is 0 Å². The maximum atomic E-state index is 6.06. The minimum atomic E-state index is 0.300. The smallest absolute Gasteiger partial charge is 0.124 e. The minimum Gasteiger partial charge on any atom is -0.493 e. The summed E-state index contributed by atoms with van der Waals surface area (Å²) in [7, 11) is 0. The number of ether oxygens (including phenoxy) is 1. The highest BCUT2D eigenvalue weighted by atomic mass is 16.5. The number of hydrogen-bond donors (Lipinski definition) is 2. The van der Waals surface area contributed by atoms with Gasteiger partial charge in [-0.2, -0.15) is 0 Å². The number of anilines is 1. The molecule has 1 saturated heterocycles. The van der Waals surface area contributed by atoms with E-state index in [4.69, 9.17) is 4.74 Å². The van der Waals surface area contributed by atoms with E-state index in [2.05, 4.69) is 35.8 Å². The van der Waals surface area contributed by atoms with Gasteiger partial charge in [0.05, 0.1) is 6.61 Å². The number of nitrogens with one attached hydrogen (secondary N) is 2. The van der Waals surface area contributed by atoms with Crippen LogP contribution in [0.25, 0.3) is 0 Å². The second-order valence-electron chi connectivity index (χ2n) is 5.49. The summed E-state index contributed by atoms with van der Waals surface area (Å²) >= 11 is 0. The molecule has 0 amide bonds. The van der Waals surface area contributed by atoms with Crippen LogP contribution in [-0.4, -0.2) is 26.2 Å². The van der Waals surface area contributed by atoms with E-state index in [0.29, 0.717) is 5.41 Å². The van der Waals surface area contributed by atoms with Crippen LogP contribution in [0, 0.1) is 5.41 Å². The predicted molar refractivity (Wildman–Crippen MR) is 69.7 cm³/mol. The van der Waals surface area contributed by atoms with Gasteiger partial charge in [-0.25, -0.2) is 0 Å². The van der Waals surface area contributed by atoms with E-state index in [-0.39, 0.29) is 0 Å². The highest BCUT2D eigenvalue weighted by Crippen LogP contribution is 2.33. The van der Waals surface area contributed by atoms with Gasteiger partial charge in [-0.1, -0.05) is 13.0 Å². The maximum absolute atomic E-state index is 6.06. The fraction of sp³-hybridized carbons (Fsp3) is 0.571. The molecule has 92 valence electrons. The molecular formula is C14H20N2O. The van der Waals surface area contributed by atoms with Gasteiger partial charge in [0.2, 0.25) is 0 Å². The van der Waals surface area contributed by atoms with Crippen LogP contribution in [0.5, 0.6) is 5.75 Å². The molecule has 2 aliphatic heterocycles. The average molecular weight is 232 g/mol. The lowest BCUT2D eigenvalue weighted by Crippen LogP contribution is -2.27. The molecule has 3 rings (SSSR count). The van der Waals surface area contributed by atoms with Crippen LogP contribution in [-0.2, 0) is 6.42 Å². The standard InChI is InChI=1S/C14H20N2O/c1-14(6-8-15-9-14)10-17-13-4-2-3-12-11(13)5-7-16-12/h2-4,15-16H,5-10H2,1H3. The molecule has 0 aromatic heterocycles. The summed E-state index contributed by atoms with van der Waals surface area (Å²) in [5.41, 5.74) is 2.90. The molecule has 2 N–H and O–H groups in total. The Morgan fingerprint density at radius 3 is 3.12 bits per heavy atom. The van der Waals surface area contributed by atoms with Crippen molar-refractivity contribution < 1.29 is 4.74 Å². The summed E-state index contributed by atoms with van der Waals surface area (Å²) < 4.78 is 6.06. The molecule has 0 spiro atoms. The van der Waals surface area contributed by atoms with E-state index < -0.39 is 0 Å². The second-order valence-corrected chi connectivity index (χ2v) is 5.49. The van der Waals surface area contributed by atoms with Crippen molar-refractivity contribution in [3.8, 4) is 5.75 Å². The largest absolute Gasteiger partial charge is 0.493 e. The van der Waals surface area contributed by atoms with Gasteiger partial charge >= 0.3 is 0 Å². The van der Waals surface area contributed by atoms with Crippen LogP contribution in [0.2, 0.25) is 0 Å². The van der Waals surface area contributed by atoms with E-state index in [1.165, 1.54) is 17.7 Å². The van der Waals surface area contributed by atoms with Gasteiger partial charge in [0.15, 0.2) is 0 Å². The number of benzene rings is 1. The number of hydrogen-bond acceptors (Lipinski definition) is 3. The molecule has 2 heterocycles. The molecule has 0 bridgehead atoms. The first-order chi connectivity index (χ1) is 8.27. The first-order valence-electron chi connectivity index (χ1n) is 6.46. The first-order valence-corrected chi connectivity index (χ1v) is 6.46. The quantitative estimate of drug-likeness (QED) is 0.836. The van der Waals surface area contributed by atoms with Crippen molar-refractivity contribution in [1.29, 1.82) is 0 Å². The molecule has 0 radical (unpaired) electrons. The van der Waals surface area contributed by atoms with Crippen LogP contribution in [0.15, 0.2) is 18.2 Å². The Morgan fingerprint density at radius 1 is 1.35 bits per heavy atom. The molecule has 0 saturated carbocycles. The molecular weight excluding hydrogens is 212 g/mol. The van der Waals surface area contributed by atoms with E-state index in [9.17, 15) is 0 Å². The first kappa shape index (κ1) is 10.9. The Balaban J connectivity index is 1.71. The van der Waals surface area contributed by atoms with Gasteiger partial charge in [0.25, 0.3) is 0 Å². The molecule has 2 aliphatic rings. The van der Waals surface area contributed by atoms with Crippen molar-refractivity contribution in [1.82, 2.24) is 5.32 Å².